The lowest BCUT2D eigenvalue weighted by Crippen LogP contribution is -2.29. The Morgan fingerprint density at radius 2 is 1.03 bits per heavy atom. The van der Waals surface area contributed by atoms with E-state index >= 15 is 0 Å². The minimum atomic E-state index is -4.40. The highest BCUT2D eigenvalue weighted by Gasteiger charge is 2.36. The topological polar surface area (TPSA) is 147 Å². The standard InChI is InChI=1S/C49H90NO9P/c1-3-5-7-9-11-12-13-14-15-16-17-18-19-20-21-22-23-24-27-31-35-39-48(51)55-43-45(44-57-60(53,54)56-42-41-50)58-49(52)40-36-32-28-25-26-30-34-38-47-46(59-47)37-33-29-10-8-6-4-2/h25,28-30,33-34,45-47H,3-24,26-27,31-32,35-44,50H2,1-2H3,(H,53,54)/b28-25-,33-29-,34-30-/t45-,46?,47?/m1/s1. The Bertz CT molecular complexity index is 1150. The number of phosphoric acid groups is 1. The lowest BCUT2D eigenvalue weighted by Gasteiger charge is -2.19. The van der Waals surface area contributed by atoms with Crippen molar-refractivity contribution in [2.75, 3.05) is 26.4 Å². The normalized spacial score (nSPS) is 16.9. The molecule has 0 aromatic heterocycles. The summed E-state index contributed by atoms with van der Waals surface area (Å²) in [6, 6.07) is 0. The number of hydrogen-bond acceptors (Lipinski definition) is 9. The maximum Gasteiger partial charge on any atom is 0.472 e. The first kappa shape index (κ1) is 56.2. The fourth-order valence-electron chi connectivity index (χ4n) is 7.14. The molecule has 60 heavy (non-hydrogen) atoms. The first-order chi connectivity index (χ1) is 29.3. The SMILES string of the molecule is CCCCC/C=C\CC1OC1C/C=C\C/C=C\CCCC(=O)O[C@H](COC(=O)CCCCCCCCCCCCCCCCCCCCCCC)COP(=O)(O)OCCN. The maximum atomic E-state index is 12.6. The van der Waals surface area contributed by atoms with Crippen molar-refractivity contribution in [3.63, 3.8) is 0 Å². The molecule has 10 nitrogen and oxygen atoms in total. The Morgan fingerprint density at radius 1 is 0.583 bits per heavy atom. The lowest BCUT2D eigenvalue weighted by molar-refractivity contribution is -0.161. The van der Waals surface area contributed by atoms with Crippen molar-refractivity contribution >= 4 is 19.8 Å². The molecule has 0 spiro atoms. The highest BCUT2D eigenvalue weighted by Crippen LogP contribution is 2.43. The highest BCUT2D eigenvalue weighted by atomic mass is 31.2. The van der Waals surface area contributed by atoms with Gasteiger partial charge in [0.25, 0.3) is 0 Å². The van der Waals surface area contributed by atoms with Gasteiger partial charge in [-0.25, -0.2) is 4.57 Å². The van der Waals surface area contributed by atoms with Gasteiger partial charge in [0, 0.05) is 19.4 Å². The van der Waals surface area contributed by atoms with E-state index < -0.39 is 32.5 Å². The molecule has 3 N–H and O–H groups in total. The van der Waals surface area contributed by atoms with Gasteiger partial charge in [0.15, 0.2) is 6.10 Å². The summed E-state index contributed by atoms with van der Waals surface area (Å²) in [6.45, 7) is 3.66. The zero-order valence-electron chi connectivity index (χ0n) is 38.4. The summed E-state index contributed by atoms with van der Waals surface area (Å²) >= 11 is 0. The van der Waals surface area contributed by atoms with E-state index in [1.165, 1.54) is 135 Å². The largest absolute Gasteiger partial charge is 0.472 e. The predicted octanol–water partition coefficient (Wildman–Crippen LogP) is 13.5. The number of ether oxygens (including phenoxy) is 3. The highest BCUT2D eigenvalue weighted by molar-refractivity contribution is 7.47. The molecule has 1 aliphatic rings. The van der Waals surface area contributed by atoms with Crippen LogP contribution in [0.3, 0.4) is 0 Å². The van der Waals surface area contributed by atoms with E-state index in [1.54, 1.807) is 0 Å². The minimum Gasteiger partial charge on any atom is -0.462 e. The van der Waals surface area contributed by atoms with E-state index in [-0.39, 0.29) is 32.6 Å². The van der Waals surface area contributed by atoms with Gasteiger partial charge in [-0.2, -0.15) is 0 Å². The second-order valence-corrected chi connectivity index (χ2v) is 18.2. The van der Waals surface area contributed by atoms with Crippen LogP contribution in [0.1, 0.15) is 219 Å². The van der Waals surface area contributed by atoms with Crippen molar-refractivity contribution in [3.8, 4) is 0 Å². The molecular formula is C49H90NO9P. The summed E-state index contributed by atoms with van der Waals surface area (Å²) in [5, 5.41) is 0. The van der Waals surface area contributed by atoms with E-state index in [9.17, 15) is 19.0 Å². The Morgan fingerprint density at radius 3 is 1.58 bits per heavy atom. The van der Waals surface area contributed by atoms with Crippen molar-refractivity contribution in [2.45, 2.75) is 238 Å². The molecule has 11 heteroatoms. The van der Waals surface area contributed by atoms with Gasteiger partial charge in [-0.1, -0.05) is 192 Å². The van der Waals surface area contributed by atoms with Crippen LogP contribution in [0.4, 0.5) is 0 Å². The Kier molecular flexibility index (Phi) is 38.6. The Balaban J connectivity index is 2.14. The third kappa shape index (κ3) is 37.9. The van der Waals surface area contributed by atoms with Crippen LogP contribution in [0.25, 0.3) is 0 Å². The van der Waals surface area contributed by atoms with Crippen LogP contribution < -0.4 is 5.73 Å². The van der Waals surface area contributed by atoms with Gasteiger partial charge in [0.1, 0.15) is 6.61 Å². The lowest BCUT2D eigenvalue weighted by atomic mass is 10.0. The quantitative estimate of drug-likeness (QED) is 0.0199. The van der Waals surface area contributed by atoms with Crippen molar-refractivity contribution in [1.29, 1.82) is 0 Å². The van der Waals surface area contributed by atoms with E-state index in [1.807, 2.05) is 6.08 Å². The zero-order chi connectivity index (χ0) is 43.6. The molecule has 3 unspecified atom stereocenters. The molecule has 1 saturated heterocycles. The number of phosphoric ester groups is 1. The number of esters is 2. The van der Waals surface area contributed by atoms with Crippen molar-refractivity contribution < 1.29 is 42.3 Å². The van der Waals surface area contributed by atoms with E-state index in [2.05, 4.69) is 44.2 Å². The monoisotopic (exact) mass is 868 g/mol. The number of allylic oxidation sites excluding steroid dienone is 4. The number of nitrogens with two attached hydrogens (primary N) is 1. The summed E-state index contributed by atoms with van der Waals surface area (Å²) < 4.78 is 38.6. The summed E-state index contributed by atoms with van der Waals surface area (Å²) in [5.74, 6) is -0.892. The van der Waals surface area contributed by atoms with Gasteiger partial charge >= 0.3 is 19.8 Å². The van der Waals surface area contributed by atoms with Crippen LogP contribution in [0.2, 0.25) is 0 Å². The molecule has 0 amide bonds. The molecule has 350 valence electrons. The third-order valence-corrected chi connectivity index (χ3v) is 11.9. The molecule has 0 aliphatic carbocycles. The van der Waals surface area contributed by atoms with Crippen LogP contribution >= 0.6 is 7.82 Å². The molecule has 0 aromatic rings. The summed E-state index contributed by atoms with van der Waals surface area (Å²) in [6.07, 6.45) is 49.3. The zero-order valence-corrected chi connectivity index (χ0v) is 39.3. The molecule has 0 radical (unpaired) electrons. The number of epoxide rings is 1. The number of carbonyl (C=O) groups is 2. The van der Waals surface area contributed by atoms with Crippen LogP contribution in [0.15, 0.2) is 36.5 Å². The minimum absolute atomic E-state index is 0.0431. The van der Waals surface area contributed by atoms with E-state index in [0.717, 1.165) is 44.9 Å². The smallest absolute Gasteiger partial charge is 0.462 e. The van der Waals surface area contributed by atoms with Crippen LogP contribution in [0, 0.1) is 0 Å². The number of unbranched alkanes of at least 4 members (excludes halogenated alkanes) is 24. The molecule has 1 rings (SSSR count). The molecule has 0 aromatic carbocycles. The molecule has 1 aliphatic heterocycles. The molecule has 1 heterocycles. The van der Waals surface area contributed by atoms with Crippen molar-refractivity contribution in [1.82, 2.24) is 0 Å². The van der Waals surface area contributed by atoms with Gasteiger partial charge in [0.2, 0.25) is 0 Å². The molecule has 1 fully saturated rings. The van der Waals surface area contributed by atoms with E-state index in [0.29, 0.717) is 25.0 Å². The maximum absolute atomic E-state index is 12.6. The first-order valence-corrected chi connectivity index (χ1v) is 26.1. The van der Waals surface area contributed by atoms with Crippen molar-refractivity contribution in [3.05, 3.63) is 36.5 Å². The number of rotatable bonds is 45. The van der Waals surface area contributed by atoms with Gasteiger partial charge in [-0.05, 0) is 51.4 Å². The van der Waals surface area contributed by atoms with E-state index in [4.69, 9.17) is 29.0 Å². The summed E-state index contributed by atoms with van der Waals surface area (Å²) in [4.78, 5) is 35.0. The van der Waals surface area contributed by atoms with Crippen molar-refractivity contribution in [2.24, 2.45) is 5.73 Å². The average molecular weight is 868 g/mol. The van der Waals surface area contributed by atoms with Crippen LogP contribution in [0.5, 0.6) is 0 Å². The fourth-order valence-corrected chi connectivity index (χ4v) is 7.91. The second kappa shape index (κ2) is 41.2. The fraction of sp³-hybridized carbons (Fsp3) is 0.837. The Labute approximate surface area is 367 Å². The number of hydrogen-bond donors (Lipinski definition) is 2. The third-order valence-electron chi connectivity index (χ3n) is 10.9. The number of carbonyl (C=O) groups excluding carboxylic acids is 2. The molecule has 0 bridgehead atoms. The average Bonchev–Trinajstić information content (AvgIpc) is 3.99. The molecule has 4 atom stereocenters. The van der Waals surface area contributed by atoms with Gasteiger partial charge in [-0.3, -0.25) is 18.6 Å². The predicted molar refractivity (Wildman–Crippen MR) is 247 cm³/mol. The van der Waals surface area contributed by atoms with Crippen LogP contribution in [-0.2, 0) is 37.4 Å². The second-order valence-electron chi connectivity index (χ2n) is 16.7. The molecule has 0 saturated carbocycles. The molecular weight excluding hydrogens is 778 g/mol. The van der Waals surface area contributed by atoms with Crippen LogP contribution in [-0.4, -0.2) is 61.5 Å². The first-order valence-electron chi connectivity index (χ1n) is 24.6. The van der Waals surface area contributed by atoms with Gasteiger partial charge in [0.05, 0.1) is 25.4 Å². The Hall–Kier alpha value is -1.81. The van der Waals surface area contributed by atoms with Gasteiger partial charge in [-0.15, -0.1) is 0 Å². The summed E-state index contributed by atoms with van der Waals surface area (Å²) in [5.41, 5.74) is 5.36. The summed E-state index contributed by atoms with van der Waals surface area (Å²) in [7, 11) is -4.40. The van der Waals surface area contributed by atoms with Gasteiger partial charge < -0.3 is 24.8 Å².